The van der Waals surface area contributed by atoms with E-state index < -0.39 is 10.3 Å². The maximum atomic E-state index is 10.9. The third-order valence-electron chi connectivity index (χ3n) is 3.90. The van der Waals surface area contributed by atoms with Crippen LogP contribution >= 0.6 is 0 Å². The van der Waals surface area contributed by atoms with Crippen LogP contribution in [0.3, 0.4) is 0 Å². The van der Waals surface area contributed by atoms with Crippen LogP contribution in [-0.4, -0.2) is 29.8 Å². The van der Waals surface area contributed by atoms with Crippen molar-refractivity contribution in [2.75, 3.05) is 11.9 Å². The predicted octanol–water partition coefficient (Wildman–Crippen LogP) is 3.58. The van der Waals surface area contributed by atoms with Gasteiger partial charge < -0.3 is 10.3 Å². The number of aromatic amines is 1. The Balaban J connectivity index is 1.76. The van der Waals surface area contributed by atoms with Crippen LogP contribution in [-0.2, 0) is 10.3 Å². The number of H-pyrrole nitrogens is 1. The van der Waals surface area contributed by atoms with Crippen molar-refractivity contribution >= 4 is 26.7 Å². The quantitative estimate of drug-likeness (QED) is 0.534. The Bertz CT molecular complexity index is 691. The Morgan fingerprint density at radius 2 is 1.96 bits per heavy atom. The van der Waals surface area contributed by atoms with Crippen LogP contribution in [0.5, 0.6) is 0 Å². The summed E-state index contributed by atoms with van der Waals surface area (Å²) >= 11 is 0. The number of hydrogen-bond donors (Lipinski definition) is 2. The Hall–Kier alpha value is -1.82. The smallest absolute Gasteiger partial charge is 0.217 e. The highest BCUT2D eigenvalue weighted by Crippen LogP contribution is 2.19. The number of allylic oxidation sites excluding steroid dienone is 4. The summed E-state index contributed by atoms with van der Waals surface area (Å²) in [7, 11) is -2.13. The van der Waals surface area contributed by atoms with Crippen LogP contribution < -0.4 is 5.32 Å². The molecule has 1 aliphatic carbocycles. The SMILES string of the molecule is CCCCCCCCNc1ncc(C2=CCC(=S(=O)=O)C=C2)[nH]1. The molecule has 126 valence electrons. The third kappa shape index (κ3) is 5.71. The highest BCUT2D eigenvalue weighted by Gasteiger charge is 2.08. The van der Waals surface area contributed by atoms with Gasteiger partial charge in [0.15, 0.2) is 0 Å². The number of hydrogen-bond acceptors (Lipinski definition) is 4. The maximum Gasteiger partial charge on any atom is 0.217 e. The summed E-state index contributed by atoms with van der Waals surface area (Å²) in [5.41, 5.74) is 1.88. The summed E-state index contributed by atoms with van der Waals surface area (Å²) in [6, 6.07) is 0. The van der Waals surface area contributed by atoms with Gasteiger partial charge in [0.05, 0.1) is 16.8 Å². The zero-order valence-electron chi connectivity index (χ0n) is 13.6. The molecule has 2 rings (SSSR count). The predicted molar refractivity (Wildman–Crippen MR) is 96.1 cm³/mol. The first-order chi connectivity index (χ1) is 11.2. The number of anilines is 1. The molecule has 0 aliphatic heterocycles. The monoisotopic (exact) mass is 335 g/mol. The number of unbranched alkanes of at least 4 members (excludes halogenated alkanes) is 5. The van der Waals surface area contributed by atoms with Gasteiger partial charge in [-0.3, -0.25) is 0 Å². The molecule has 0 saturated heterocycles. The second-order valence-corrected chi connectivity index (χ2v) is 6.73. The van der Waals surface area contributed by atoms with Gasteiger partial charge in [-0.15, -0.1) is 0 Å². The Kier molecular flexibility index (Phi) is 7.13. The second-order valence-electron chi connectivity index (χ2n) is 5.74. The molecule has 23 heavy (non-hydrogen) atoms. The molecular formula is C17H25N3O2S. The van der Waals surface area contributed by atoms with Gasteiger partial charge in [-0.05, 0) is 18.1 Å². The van der Waals surface area contributed by atoms with E-state index >= 15 is 0 Å². The van der Waals surface area contributed by atoms with E-state index in [2.05, 4.69) is 22.2 Å². The number of imidazole rings is 1. The van der Waals surface area contributed by atoms with Crippen molar-refractivity contribution in [3.63, 3.8) is 0 Å². The summed E-state index contributed by atoms with van der Waals surface area (Å²) in [6.45, 7) is 3.15. The van der Waals surface area contributed by atoms with Crippen LogP contribution in [0.1, 0.15) is 57.6 Å². The van der Waals surface area contributed by atoms with Gasteiger partial charge in [0.1, 0.15) is 0 Å². The number of nitrogens with one attached hydrogen (secondary N) is 2. The molecule has 0 bridgehead atoms. The molecule has 1 aromatic heterocycles. The third-order valence-corrected chi connectivity index (χ3v) is 4.63. The number of rotatable bonds is 9. The lowest BCUT2D eigenvalue weighted by Crippen LogP contribution is -2.03. The van der Waals surface area contributed by atoms with Crippen LogP contribution in [0.2, 0.25) is 0 Å². The van der Waals surface area contributed by atoms with Crippen molar-refractivity contribution in [2.45, 2.75) is 51.9 Å². The Morgan fingerprint density at radius 3 is 2.65 bits per heavy atom. The van der Waals surface area contributed by atoms with E-state index in [9.17, 15) is 8.42 Å². The molecule has 1 heterocycles. The Labute approximate surface area is 139 Å². The van der Waals surface area contributed by atoms with Crippen LogP contribution in [0.25, 0.3) is 5.57 Å². The Morgan fingerprint density at radius 1 is 1.17 bits per heavy atom. The summed E-state index contributed by atoms with van der Waals surface area (Å²) in [6.07, 6.45) is 15.2. The molecule has 0 saturated carbocycles. The van der Waals surface area contributed by atoms with E-state index in [1.807, 2.05) is 6.08 Å². The van der Waals surface area contributed by atoms with Crippen molar-refractivity contribution in [1.82, 2.24) is 9.97 Å². The molecule has 0 atom stereocenters. The minimum Gasteiger partial charge on any atom is -0.356 e. The van der Waals surface area contributed by atoms with Crippen molar-refractivity contribution in [3.05, 3.63) is 30.1 Å². The van der Waals surface area contributed by atoms with E-state index in [1.165, 1.54) is 32.1 Å². The molecule has 5 nitrogen and oxygen atoms in total. The van der Waals surface area contributed by atoms with Crippen molar-refractivity contribution in [2.24, 2.45) is 0 Å². The van der Waals surface area contributed by atoms with Crippen molar-refractivity contribution in [1.29, 1.82) is 0 Å². The van der Waals surface area contributed by atoms with Gasteiger partial charge in [-0.2, -0.15) is 8.42 Å². The molecule has 0 aromatic carbocycles. The fourth-order valence-electron chi connectivity index (χ4n) is 2.52. The van der Waals surface area contributed by atoms with Crippen molar-refractivity contribution < 1.29 is 8.42 Å². The molecule has 6 heteroatoms. The fourth-order valence-corrected chi connectivity index (χ4v) is 2.92. The average Bonchev–Trinajstić information content (AvgIpc) is 3.03. The van der Waals surface area contributed by atoms with E-state index in [-0.39, 0.29) is 0 Å². The largest absolute Gasteiger partial charge is 0.356 e. The zero-order chi connectivity index (χ0) is 16.5. The van der Waals surface area contributed by atoms with Gasteiger partial charge in [0.2, 0.25) is 16.2 Å². The van der Waals surface area contributed by atoms with E-state index in [1.54, 1.807) is 18.3 Å². The minimum atomic E-state index is -2.13. The summed E-state index contributed by atoms with van der Waals surface area (Å²) in [5, 5.41) is 3.30. The lowest BCUT2D eigenvalue weighted by Gasteiger charge is -2.05. The first-order valence-corrected chi connectivity index (χ1v) is 9.40. The summed E-state index contributed by atoms with van der Waals surface area (Å²) < 4.78 is 21.8. The van der Waals surface area contributed by atoms with E-state index in [4.69, 9.17) is 0 Å². The van der Waals surface area contributed by atoms with Gasteiger partial charge in [-0.25, -0.2) is 4.98 Å². The first-order valence-electron chi connectivity index (χ1n) is 8.33. The summed E-state index contributed by atoms with van der Waals surface area (Å²) in [5.74, 6) is 0.769. The molecule has 0 radical (unpaired) electrons. The van der Waals surface area contributed by atoms with E-state index in [0.717, 1.165) is 30.2 Å². The molecule has 2 N–H and O–H groups in total. The van der Waals surface area contributed by atoms with Crippen LogP contribution in [0, 0.1) is 0 Å². The topological polar surface area (TPSA) is 74.8 Å². The molecule has 0 fully saturated rings. The normalized spacial score (nSPS) is 14.0. The molecule has 0 amide bonds. The average molecular weight is 335 g/mol. The molecule has 1 aromatic rings. The van der Waals surface area contributed by atoms with Crippen molar-refractivity contribution in [3.8, 4) is 0 Å². The first kappa shape index (κ1) is 17.5. The van der Waals surface area contributed by atoms with Gasteiger partial charge in [0, 0.05) is 13.0 Å². The highest BCUT2D eigenvalue weighted by atomic mass is 32.2. The zero-order valence-corrected chi connectivity index (χ0v) is 14.5. The minimum absolute atomic E-state index is 0.412. The van der Waals surface area contributed by atoms with E-state index in [0.29, 0.717) is 11.3 Å². The molecule has 0 unspecified atom stereocenters. The fraction of sp³-hybridized carbons (Fsp3) is 0.529. The maximum absolute atomic E-state index is 10.9. The van der Waals surface area contributed by atoms with Gasteiger partial charge in [0.25, 0.3) is 0 Å². The lowest BCUT2D eigenvalue weighted by atomic mass is 10.1. The lowest BCUT2D eigenvalue weighted by molar-refractivity contribution is 0.616. The van der Waals surface area contributed by atoms with Crippen LogP contribution in [0.4, 0.5) is 5.95 Å². The van der Waals surface area contributed by atoms with Crippen LogP contribution in [0.15, 0.2) is 24.4 Å². The number of aromatic nitrogens is 2. The molecule has 1 aliphatic rings. The second kappa shape index (κ2) is 9.35. The summed E-state index contributed by atoms with van der Waals surface area (Å²) in [4.78, 5) is 7.97. The molecule has 0 spiro atoms. The van der Waals surface area contributed by atoms with Gasteiger partial charge >= 0.3 is 0 Å². The molecular weight excluding hydrogens is 310 g/mol. The standard InChI is InChI=1S/C17H25N3O2S/c1-2-3-4-5-6-7-12-18-17-19-13-16(20-17)14-8-10-15(11-9-14)23(21)22/h8-10,13H,2-7,11-12H2,1H3,(H2,18,19,20). The number of nitrogens with zero attached hydrogens (tertiary/aromatic N) is 1. The highest BCUT2D eigenvalue weighted by molar-refractivity contribution is 7.73. The van der Waals surface area contributed by atoms with Gasteiger partial charge in [-0.1, -0.05) is 51.2 Å².